The lowest BCUT2D eigenvalue weighted by atomic mass is 10.3. The first-order valence-electron chi connectivity index (χ1n) is 4.70. The van der Waals surface area contributed by atoms with Gasteiger partial charge in [-0.05, 0) is 24.1 Å². The first kappa shape index (κ1) is 10.3. The fraction of sp³-hybridized carbons (Fsp3) is 0.778. The van der Waals surface area contributed by atoms with Gasteiger partial charge in [-0.25, -0.2) is 0 Å². The Morgan fingerprint density at radius 1 is 1.67 bits per heavy atom. The molecule has 1 aliphatic rings. The highest BCUT2D eigenvalue weighted by molar-refractivity contribution is 6.62. The first-order valence-corrected chi connectivity index (χ1v) is 7.00. The van der Waals surface area contributed by atoms with Crippen LogP contribution in [0.2, 0.25) is 6.04 Å². The predicted molar refractivity (Wildman–Crippen MR) is 56.2 cm³/mol. The van der Waals surface area contributed by atoms with Crippen molar-refractivity contribution < 1.29 is 4.43 Å². The number of hydrogen-bond donors (Lipinski definition) is 0. The average molecular weight is 205 g/mol. The van der Waals surface area contributed by atoms with Gasteiger partial charge in [0, 0.05) is 6.61 Å². The van der Waals surface area contributed by atoms with Gasteiger partial charge in [0.2, 0.25) is 9.04 Å². The number of alkyl halides is 1. The number of hydrogen-bond acceptors (Lipinski definition) is 1. The quantitative estimate of drug-likeness (QED) is 0.508. The van der Waals surface area contributed by atoms with Crippen LogP contribution in [0.4, 0.5) is 0 Å². The molecule has 0 bridgehead atoms. The highest BCUT2D eigenvalue weighted by atomic mass is 35.5. The fourth-order valence-corrected chi connectivity index (χ4v) is 4.42. The molecule has 0 radical (unpaired) electrons. The van der Waals surface area contributed by atoms with Crippen molar-refractivity contribution in [3.8, 4) is 0 Å². The summed E-state index contributed by atoms with van der Waals surface area (Å²) in [5.74, 6) is 0. The molecule has 0 aromatic heterocycles. The average Bonchev–Trinajstić information content (AvgIpc) is 2.17. The van der Waals surface area contributed by atoms with Crippen LogP contribution in [0.5, 0.6) is 0 Å². The van der Waals surface area contributed by atoms with E-state index in [9.17, 15) is 0 Å². The topological polar surface area (TPSA) is 9.23 Å². The summed E-state index contributed by atoms with van der Waals surface area (Å²) in [4.78, 5) is 0. The van der Waals surface area contributed by atoms with Gasteiger partial charge in [-0.1, -0.05) is 13.3 Å². The SMILES string of the molecule is C=C(C(Cl)CC)[SiH]1CCCCO1. The van der Waals surface area contributed by atoms with Crippen LogP contribution in [-0.2, 0) is 4.43 Å². The molecular weight excluding hydrogens is 188 g/mol. The minimum Gasteiger partial charge on any atom is -0.416 e. The molecule has 70 valence electrons. The van der Waals surface area contributed by atoms with Crippen molar-refractivity contribution in [3.63, 3.8) is 0 Å². The summed E-state index contributed by atoms with van der Waals surface area (Å²) in [7, 11) is -1.12. The van der Waals surface area contributed by atoms with Crippen LogP contribution < -0.4 is 0 Å². The maximum atomic E-state index is 6.10. The van der Waals surface area contributed by atoms with Crippen LogP contribution in [0.25, 0.3) is 0 Å². The molecule has 0 spiro atoms. The van der Waals surface area contributed by atoms with Crippen LogP contribution >= 0.6 is 11.6 Å². The highest BCUT2D eigenvalue weighted by Gasteiger charge is 2.23. The number of rotatable bonds is 3. The fourth-order valence-electron chi connectivity index (χ4n) is 1.50. The summed E-state index contributed by atoms with van der Waals surface area (Å²) in [6, 6.07) is 1.24. The molecule has 3 heteroatoms. The standard InChI is InChI=1S/C9H17ClOSi/c1-3-9(10)8(2)12-7-5-4-6-11-12/h9,12H,2-7H2,1H3. The predicted octanol–water partition coefficient (Wildman–Crippen LogP) is 2.63. The van der Waals surface area contributed by atoms with E-state index < -0.39 is 9.04 Å². The maximum absolute atomic E-state index is 6.10. The van der Waals surface area contributed by atoms with Crippen LogP contribution in [-0.4, -0.2) is 21.0 Å². The summed E-state index contributed by atoms with van der Waals surface area (Å²) >= 11 is 6.10. The Hall–Kier alpha value is 0.207. The molecular formula is C9H17ClOSi. The van der Waals surface area contributed by atoms with Gasteiger partial charge >= 0.3 is 0 Å². The van der Waals surface area contributed by atoms with Gasteiger partial charge in [0.25, 0.3) is 0 Å². The zero-order valence-electron chi connectivity index (χ0n) is 7.68. The minimum atomic E-state index is -1.12. The monoisotopic (exact) mass is 204 g/mol. The summed E-state index contributed by atoms with van der Waals surface area (Å²) in [6.45, 7) is 7.08. The molecule has 0 aromatic carbocycles. The molecule has 0 aliphatic carbocycles. The molecule has 0 amide bonds. The Labute approximate surface area is 81.5 Å². The molecule has 1 aliphatic heterocycles. The Kier molecular flexibility index (Phi) is 4.33. The smallest absolute Gasteiger partial charge is 0.205 e. The normalized spacial score (nSPS) is 26.7. The maximum Gasteiger partial charge on any atom is 0.205 e. The van der Waals surface area contributed by atoms with Gasteiger partial charge < -0.3 is 4.43 Å². The van der Waals surface area contributed by atoms with E-state index in [-0.39, 0.29) is 5.38 Å². The van der Waals surface area contributed by atoms with Crippen molar-refractivity contribution >= 4 is 20.6 Å². The molecule has 1 heterocycles. The largest absolute Gasteiger partial charge is 0.416 e. The van der Waals surface area contributed by atoms with Crippen LogP contribution in [0.3, 0.4) is 0 Å². The molecule has 0 saturated carbocycles. The van der Waals surface area contributed by atoms with E-state index in [0.717, 1.165) is 13.0 Å². The second-order valence-corrected chi connectivity index (χ2v) is 6.46. The van der Waals surface area contributed by atoms with Crippen molar-refractivity contribution in [1.29, 1.82) is 0 Å². The molecule has 12 heavy (non-hydrogen) atoms. The molecule has 2 atom stereocenters. The number of allylic oxidation sites excluding steroid dienone is 1. The van der Waals surface area contributed by atoms with Crippen molar-refractivity contribution in [1.82, 2.24) is 0 Å². The minimum absolute atomic E-state index is 0.153. The van der Waals surface area contributed by atoms with Gasteiger partial charge in [0.05, 0.1) is 5.38 Å². The Bertz CT molecular complexity index is 155. The zero-order valence-corrected chi connectivity index (χ0v) is 9.59. The molecule has 0 N–H and O–H groups in total. The van der Waals surface area contributed by atoms with E-state index in [1.807, 2.05) is 0 Å². The van der Waals surface area contributed by atoms with E-state index in [4.69, 9.17) is 16.0 Å². The molecule has 1 fully saturated rings. The van der Waals surface area contributed by atoms with E-state index >= 15 is 0 Å². The molecule has 1 saturated heterocycles. The Morgan fingerprint density at radius 3 is 2.92 bits per heavy atom. The van der Waals surface area contributed by atoms with Crippen molar-refractivity contribution in [3.05, 3.63) is 11.8 Å². The number of halogens is 1. The molecule has 0 aromatic rings. The van der Waals surface area contributed by atoms with Gasteiger partial charge in [0.1, 0.15) is 0 Å². The van der Waals surface area contributed by atoms with Crippen LogP contribution in [0.15, 0.2) is 11.8 Å². The third-order valence-corrected chi connectivity index (χ3v) is 5.95. The van der Waals surface area contributed by atoms with Gasteiger partial charge in [0.15, 0.2) is 0 Å². The second-order valence-electron chi connectivity index (χ2n) is 3.31. The summed E-state index contributed by atoms with van der Waals surface area (Å²) in [5, 5.41) is 1.36. The van der Waals surface area contributed by atoms with Crippen molar-refractivity contribution in [2.24, 2.45) is 0 Å². The van der Waals surface area contributed by atoms with E-state index in [0.29, 0.717) is 0 Å². The molecule has 1 nitrogen and oxygen atoms in total. The van der Waals surface area contributed by atoms with E-state index in [2.05, 4.69) is 13.5 Å². The van der Waals surface area contributed by atoms with Crippen LogP contribution in [0, 0.1) is 0 Å². The highest BCUT2D eigenvalue weighted by Crippen LogP contribution is 2.22. The lowest BCUT2D eigenvalue weighted by Crippen LogP contribution is -2.29. The van der Waals surface area contributed by atoms with E-state index in [1.165, 1.54) is 24.1 Å². The van der Waals surface area contributed by atoms with E-state index in [1.54, 1.807) is 0 Å². The third kappa shape index (κ3) is 2.61. The van der Waals surface area contributed by atoms with Gasteiger partial charge in [-0.15, -0.1) is 18.2 Å². The second kappa shape index (κ2) is 5.05. The summed E-state index contributed by atoms with van der Waals surface area (Å²) in [6.07, 6.45) is 3.51. The van der Waals surface area contributed by atoms with Crippen molar-refractivity contribution in [2.45, 2.75) is 37.6 Å². The van der Waals surface area contributed by atoms with Crippen molar-refractivity contribution in [2.75, 3.05) is 6.61 Å². The Morgan fingerprint density at radius 2 is 2.42 bits per heavy atom. The van der Waals surface area contributed by atoms with Gasteiger partial charge in [-0.2, -0.15) is 0 Å². The zero-order chi connectivity index (χ0) is 8.97. The molecule has 1 rings (SSSR count). The summed E-state index contributed by atoms with van der Waals surface area (Å²) in [5.41, 5.74) is 0. The molecule has 2 unspecified atom stereocenters. The lowest BCUT2D eigenvalue weighted by molar-refractivity contribution is 0.291. The third-order valence-electron chi connectivity index (χ3n) is 2.35. The Balaban J connectivity index is 2.39. The van der Waals surface area contributed by atoms with Crippen LogP contribution in [0.1, 0.15) is 26.2 Å². The summed E-state index contributed by atoms with van der Waals surface area (Å²) < 4.78 is 5.72. The first-order chi connectivity index (χ1) is 5.75. The van der Waals surface area contributed by atoms with Gasteiger partial charge in [-0.3, -0.25) is 0 Å². The lowest BCUT2D eigenvalue weighted by Gasteiger charge is -2.24.